The Kier molecular flexibility index (Phi) is 3.76. The second-order valence-corrected chi connectivity index (χ2v) is 3.10. The molecular weight excluding hydrogens is 124 g/mol. The number of hydrogen-bond acceptors (Lipinski definition) is 2. The molecule has 0 aliphatic carbocycles. The van der Waals surface area contributed by atoms with Gasteiger partial charge in [0.05, 0.1) is 0 Å². The molecule has 1 heterocycles. The standard InChI is InChI=1S/C8H18N2/c1-9-6-4-8-3-2-5-10-7-8/h8-10H,2-7H2,1H3. The lowest BCUT2D eigenvalue weighted by Gasteiger charge is -2.22. The third-order valence-electron chi connectivity index (χ3n) is 2.20. The highest BCUT2D eigenvalue weighted by atomic mass is 14.9. The summed E-state index contributed by atoms with van der Waals surface area (Å²) in [6.45, 7) is 3.64. The van der Waals surface area contributed by atoms with Gasteiger partial charge in [0.15, 0.2) is 0 Å². The van der Waals surface area contributed by atoms with Crippen LogP contribution in [0.5, 0.6) is 0 Å². The maximum Gasteiger partial charge on any atom is -0.00200 e. The van der Waals surface area contributed by atoms with E-state index in [2.05, 4.69) is 10.6 Å². The van der Waals surface area contributed by atoms with Crippen molar-refractivity contribution >= 4 is 0 Å². The van der Waals surface area contributed by atoms with Gasteiger partial charge in [-0.15, -0.1) is 0 Å². The molecular formula is C8H18N2. The lowest BCUT2D eigenvalue weighted by atomic mass is 9.96. The summed E-state index contributed by atoms with van der Waals surface area (Å²) in [5.41, 5.74) is 0. The average molecular weight is 142 g/mol. The lowest BCUT2D eigenvalue weighted by Crippen LogP contribution is -2.31. The predicted octanol–water partition coefficient (Wildman–Crippen LogP) is 0.595. The summed E-state index contributed by atoms with van der Waals surface area (Å²) in [6.07, 6.45) is 4.13. The van der Waals surface area contributed by atoms with Crippen molar-refractivity contribution in [3.63, 3.8) is 0 Å². The van der Waals surface area contributed by atoms with Crippen LogP contribution >= 0.6 is 0 Å². The van der Waals surface area contributed by atoms with Crippen LogP contribution in [-0.4, -0.2) is 26.7 Å². The van der Waals surface area contributed by atoms with Crippen LogP contribution in [0.15, 0.2) is 0 Å². The molecule has 2 heteroatoms. The molecule has 2 N–H and O–H groups in total. The van der Waals surface area contributed by atoms with Crippen LogP contribution in [-0.2, 0) is 0 Å². The first-order chi connectivity index (χ1) is 4.93. The number of rotatable bonds is 3. The molecule has 1 fully saturated rings. The SMILES string of the molecule is CNCCC1CCCNC1. The Hall–Kier alpha value is -0.0800. The van der Waals surface area contributed by atoms with Gasteiger partial charge < -0.3 is 10.6 Å². The summed E-state index contributed by atoms with van der Waals surface area (Å²) in [5.74, 6) is 0.932. The van der Waals surface area contributed by atoms with Gasteiger partial charge in [-0.1, -0.05) is 0 Å². The zero-order valence-electron chi connectivity index (χ0n) is 6.82. The van der Waals surface area contributed by atoms with E-state index in [1.165, 1.54) is 38.9 Å². The molecule has 0 aromatic heterocycles. The molecule has 0 bridgehead atoms. The summed E-state index contributed by atoms with van der Waals surface area (Å²) in [4.78, 5) is 0. The van der Waals surface area contributed by atoms with Crippen LogP contribution in [0.1, 0.15) is 19.3 Å². The van der Waals surface area contributed by atoms with Crippen molar-refractivity contribution in [3.05, 3.63) is 0 Å². The van der Waals surface area contributed by atoms with Gasteiger partial charge in [-0.05, 0) is 51.9 Å². The quantitative estimate of drug-likeness (QED) is 0.603. The number of nitrogens with one attached hydrogen (secondary N) is 2. The Morgan fingerprint density at radius 1 is 1.60 bits per heavy atom. The normalized spacial score (nSPS) is 26.7. The Labute approximate surface area is 63.4 Å². The summed E-state index contributed by atoms with van der Waals surface area (Å²) in [7, 11) is 2.02. The summed E-state index contributed by atoms with van der Waals surface area (Å²) < 4.78 is 0. The minimum atomic E-state index is 0.932. The summed E-state index contributed by atoms with van der Waals surface area (Å²) >= 11 is 0. The van der Waals surface area contributed by atoms with Gasteiger partial charge in [-0.2, -0.15) is 0 Å². The molecule has 60 valence electrons. The Bertz CT molecular complexity index is 77.3. The van der Waals surface area contributed by atoms with Crippen LogP contribution in [0.4, 0.5) is 0 Å². The number of piperidine rings is 1. The van der Waals surface area contributed by atoms with E-state index in [9.17, 15) is 0 Å². The molecule has 1 rings (SSSR count). The fourth-order valence-electron chi connectivity index (χ4n) is 1.52. The summed E-state index contributed by atoms with van der Waals surface area (Å²) in [5, 5.41) is 6.60. The van der Waals surface area contributed by atoms with Crippen molar-refractivity contribution in [3.8, 4) is 0 Å². The van der Waals surface area contributed by atoms with E-state index in [1.54, 1.807) is 0 Å². The molecule has 0 aromatic rings. The first-order valence-corrected chi connectivity index (χ1v) is 4.29. The van der Waals surface area contributed by atoms with E-state index in [0.29, 0.717) is 0 Å². The van der Waals surface area contributed by atoms with E-state index < -0.39 is 0 Å². The second-order valence-electron chi connectivity index (χ2n) is 3.10. The topological polar surface area (TPSA) is 24.1 Å². The highest BCUT2D eigenvalue weighted by Gasteiger charge is 2.10. The molecule has 0 radical (unpaired) electrons. The first kappa shape index (κ1) is 8.02. The summed E-state index contributed by atoms with van der Waals surface area (Å²) in [6, 6.07) is 0. The molecule has 1 saturated heterocycles. The van der Waals surface area contributed by atoms with Crippen molar-refractivity contribution < 1.29 is 0 Å². The predicted molar refractivity (Wildman–Crippen MR) is 44.1 cm³/mol. The van der Waals surface area contributed by atoms with Crippen LogP contribution in [0.3, 0.4) is 0 Å². The largest absolute Gasteiger partial charge is 0.320 e. The molecule has 0 saturated carbocycles. The average Bonchev–Trinajstić information content (AvgIpc) is 2.03. The van der Waals surface area contributed by atoms with E-state index in [4.69, 9.17) is 0 Å². The second kappa shape index (κ2) is 4.69. The maximum absolute atomic E-state index is 3.42. The van der Waals surface area contributed by atoms with E-state index in [-0.39, 0.29) is 0 Å². The molecule has 1 aliphatic heterocycles. The zero-order valence-corrected chi connectivity index (χ0v) is 6.82. The van der Waals surface area contributed by atoms with Crippen molar-refractivity contribution in [1.29, 1.82) is 0 Å². The van der Waals surface area contributed by atoms with Crippen molar-refractivity contribution in [2.45, 2.75) is 19.3 Å². The molecule has 0 spiro atoms. The van der Waals surface area contributed by atoms with Crippen LogP contribution in [0, 0.1) is 5.92 Å². The van der Waals surface area contributed by atoms with Gasteiger partial charge >= 0.3 is 0 Å². The monoisotopic (exact) mass is 142 g/mol. The molecule has 0 amide bonds. The Morgan fingerprint density at radius 3 is 3.10 bits per heavy atom. The van der Waals surface area contributed by atoms with E-state index >= 15 is 0 Å². The van der Waals surface area contributed by atoms with Gasteiger partial charge in [-0.25, -0.2) is 0 Å². The van der Waals surface area contributed by atoms with Crippen LogP contribution < -0.4 is 10.6 Å². The van der Waals surface area contributed by atoms with Gasteiger partial charge in [0, 0.05) is 0 Å². The zero-order chi connectivity index (χ0) is 7.23. The van der Waals surface area contributed by atoms with E-state index in [0.717, 1.165) is 5.92 Å². The van der Waals surface area contributed by atoms with Crippen molar-refractivity contribution in [1.82, 2.24) is 10.6 Å². The van der Waals surface area contributed by atoms with Gasteiger partial charge in [-0.3, -0.25) is 0 Å². The third-order valence-corrected chi connectivity index (χ3v) is 2.20. The highest BCUT2D eigenvalue weighted by molar-refractivity contribution is 4.69. The maximum atomic E-state index is 3.42. The van der Waals surface area contributed by atoms with Gasteiger partial charge in [0.25, 0.3) is 0 Å². The molecule has 1 unspecified atom stereocenters. The van der Waals surface area contributed by atoms with Gasteiger partial charge in [0.1, 0.15) is 0 Å². The smallest absolute Gasteiger partial charge is 0.00200 e. The minimum Gasteiger partial charge on any atom is -0.320 e. The molecule has 1 atom stereocenters. The van der Waals surface area contributed by atoms with Crippen molar-refractivity contribution in [2.75, 3.05) is 26.7 Å². The fourth-order valence-corrected chi connectivity index (χ4v) is 1.52. The van der Waals surface area contributed by atoms with E-state index in [1.807, 2.05) is 7.05 Å². The van der Waals surface area contributed by atoms with Gasteiger partial charge in [0.2, 0.25) is 0 Å². The Balaban J connectivity index is 2.02. The van der Waals surface area contributed by atoms with Crippen LogP contribution in [0.25, 0.3) is 0 Å². The fraction of sp³-hybridized carbons (Fsp3) is 1.00. The molecule has 2 nitrogen and oxygen atoms in total. The molecule has 10 heavy (non-hydrogen) atoms. The minimum absolute atomic E-state index is 0.932. The lowest BCUT2D eigenvalue weighted by molar-refractivity contribution is 0.355. The first-order valence-electron chi connectivity index (χ1n) is 4.29. The van der Waals surface area contributed by atoms with Crippen LogP contribution in [0.2, 0.25) is 0 Å². The number of hydrogen-bond donors (Lipinski definition) is 2. The molecule has 1 aliphatic rings. The highest BCUT2D eigenvalue weighted by Crippen LogP contribution is 2.12. The van der Waals surface area contributed by atoms with Crippen molar-refractivity contribution in [2.24, 2.45) is 5.92 Å². The third kappa shape index (κ3) is 2.67. The molecule has 0 aromatic carbocycles. The Morgan fingerprint density at radius 2 is 2.50 bits per heavy atom.